The lowest BCUT2D eigenvalue weighted by molar-refractivity contribution is 0.0746. The van der Waals surface area contributed by atoms with Gasteiger partial charge in [0.1, 0.15) is 0 Å². The standard InChI is InChI=1S/C17H20N2O3S/c1-11-4-5-16-13(8-11)9-15(12(2)18-16)17(20)19(3)14-6-7-23(21,22)10-14/h4-5,8-9,14H,6-7,10H2,1-3H3. The van der Waals surface area contributed by atoms with Crippen molar-refractivity contribution in [3.8, 4) is 0 Å². The van der Waals surface area contributed by atoms with Crippen molar-refractivity contribution in [1.29, 1.82) is 0 Å². The second-order valence-corrected chi connectivity index (χ2v) is 8.52. The Morgan fingerprint density at radius 2 is 2.00 bits per heavy atom. The Balaban J connectivity index is 1.95. The van der Waals surface area contributed by atoms with Crippen molar-refractivity contribution >= 4 is 26.6 Å². The lowest BCUT2D eigenvalue weighted by Gasteiger charge is -2.24. The molecule has 0 saturated carbocycles. The number of carbonyl (C=O) groups is 1. The Morgan fingerprint density at radius 1 is 1.26 bits per heavy atom. The summed E-state index contributed by atoms with van der Waals surface area (Å²) in [6.07, 6.45) is 0.504. The van der Waals surface area contributed by atoms with Gasteiger partial charge >= 0.3 is 0 Å². The Bertz CT molecular complexity index is 890. The molecule has 122 valence electrons. The van der Waals surface area contributed by atoms with Crippen molar-refractivity contribution in [2.45, 2.75) is 26.3 Å². The molecule has 1 aromatic carbocycles. The lowest BCUT2D eigenvalue weighted by Crippen LogP contribution is -2.38. The van der Waals surface area contributed by atoms with Crippen LogP contribution in [0.3, 0.4) is 0 Å². The highest BCUT2D eigenvalue weighted by Crippen LogP contribution is 2.22. The van der Waals surface area contributed by atoms with Crippen LogP contribution in [0.25, 0.3) is 10.9 Å². The van der Waals surface area contributed by atoms with Crippen LogP contribution in [0.2, 0.25) is 0 Å². The summed E-state index contributed by atoms with van der Waals surface area (Å²) < 4.78 is 23.3. The maximum atomic E-state index is 12.8. The minimum atomic E-state index is -3.02. The van der Waals surface area contributed by atoms with Gasteiger partial charge in [-0.2, -0.15) is 0 Å². The summed E-state index contributed by atoms with van der Waals surface area (Å²) in [4.78, 5) is 18.8. The van der Waals surface area contributed by atoms with Gasteiger partial charge in [-0.05, 0) is 38.5 Å². The number of aromatic nitrogens is 1. The van der Waals surface area contributed by atoms with E-state index in [2.05, 4.69) is 4.98 Å². The maximum absolute atomic E-state index is 12.8. The number of hydrogen-bond donors (Lipinski definition) is 0. The minimum Gasteiger partial charge on any atom is -0.338 e. The fraction of sp³-hybridized carbons (Fsp3) is 0.412. The normalized spacial score (nSPS) is 19.9. The summed E-state index contributed by atoms with van der Waals surface area (Å²) >= 11 is 0. The number of amides is 1. The van der Waals surface area contributed by atoms with Gasteiger partial charge in [0.2, 0.25) is 0 Å². The van der Waals surface area contributed by atoms with Crippen molar-refractivity contribution in [3.63, 3.8) is 0 Å². The van der Waals surface area contributed by atoms with Crippen molar-refractivity contribution in [2.24, 2.45) is 0 Å². The molecule has 5 nitrogen and oxygen atoms in total. The third-order valence-electron chi connectivity index (χ3n) is 4.47. The Kier molecular flexibility index (Phi) is 3.88. The molecule has 0 radical (unpaired) electrons. The molecule has 1 saturated heterocycles. The number of sulfone groups is 1. The number of hydrogen-bond acceptors (Lipinski definition) is 4. The average molecular weight is 332 g/mol. The third-order valence-corrected chi connectivity index (χ3v) is 6.22. The summed E-state index contributed by atoms with van der Waals surface area (Å²) in [6.45, 7) is 3.81. The highest BCUT2D eigenvalue weighted by molar-refractivity contribution is 7.91. The quantitative estimate of drug-likeness (QED) is 0.845. The first-order valence-electron chi connectivity index (χ1n) is 7.62. The SMILES string of the molecule is Cc1ccc2nc(C)c(C(=O)N(C)C3CCS(=O)(=O)C3)cc2c1. The van der Waals surface area contributed by atoms with Gasteiger partial charge in [-0.25, -0.2) is 8.42 Å². The second kappa shape index (κ2) is 5.60. The number of aryl methyl sites for hydroxylation is 2. The predicted octanol–water partition coefficient (Wildman–Crippen LogP) is 2.11. The number of benzene rings is 1. The minimum absolute atomic E-state index is 0.0500. The predicted molar refractivity (Wildman–Crippen MR) is 90.4 cm³/mol. The number of nitrogens with zero attached hydrogens (tertiary/aromatic N) is 2. The molecule has 1 fully saturated rings. The van der Waals surface area contributed by atoms with Gasteiger partial charge in [-0.1, -0.05) is 11.6 Å². The van der Waals surface area contributed by atoms with Crippen LogP contribution in [0.5, 0.6) is 0 Å². The zero-order valence-electron chi connectivity index (χ0n) is 13.5. The van der Waals surface area contributed by atoms with Crippen LogP contribution in [0, 0.1) is 13.8 Å². The van der Waals surface area contributed by atoms with Crippen LogP contribution in [0.4, 0.5) is 0 Å². The summed E-state index contributed by atoms with van der Waals surface area (Å²) in [5, 5.41) is 0.923. The first-order chi connectivity index (χ1) is 10.8. The summed E-state index contributed by atoms with van der Waals surface area (Å²) in [7, 11) is -1.34. The summed E-state index contributed by atoms with van der Waals surface area (Å²) in [5.41, 5.74) is 3.17. The van der Waals surface area contributed by atoms with Crippen LogP contribution < -0.4 is 0 Å². The van der Waals surface area contributed by atoms with E-state index >= 15 is 0 Å². The van der Waals surface area contributed by atoms with E-state index in [-0.39, 0.29) is 23.5 Å². The lowest BCUT2D eigenvalue weighted by atomic mass is 10.1. The highest BCUT2D eigenvalue weighted by Gasteiger charge is 2.33. The maximum Gasteiger partial charge on any atom is 0.255 e. The molecule has 1 aliphatic rings. The zero-order chi connectivity index (χ0) is 16.8. The molecule has 0 aliphatic carbocycles. The molecule has 0 bridgehead atoms. The monoisotopic (exact) mass is 332 g/mol. The van der Waals surface area contributed by atoms with E-state index in [1.54, 1.807) is 11.9 Å². The first-order valence-corrected chi connectivity index (χ1v) is 9.44. The van der Waals surface area contributed by atoms with E-state index < -0.39 is 9.84 Å². The third kappa shape index (κ3) is 3.08. The molecule has 3 rings (SSSR count). The average Bonchev–Trinajstić information content (AvgIpc) is 2.85. The molecule has 1 unspecified atom stereocenters. The van der Waals surface area contributed by atoms with Gasteiger partial charge < -0.3 is 4.90 Å². The number of fused-ring (bicyclic) bond motifs is 1. The fourth-order valence-electron chi connectivity index (χ4n) is 3.05. The fourth-order valence-corrected chi connectivity index (χ4v) is 4.82. The molecule has 1 aromatic heterocycles. The van der Waals surface area contributed by atoms with Crippen LogP contribution in [-0.4, -0.2) is 48.8 Å². The van der Waals surface area contributed by atoms with E-state index in [0.717, 1.165) is 16.5 Å². The zero-order valence-corrected chi connectivity index (χ0v) is 14.4. The second-order valence-electron chi connectivity index (χ2n) is 6.29. The molecule has 6 heteroatoms. The first kappa shape index (κ1) is 15.9. The van der Waals surface area contributed by atoms with Crippen LogP contribution in [0.15, 0.2) is 24.3 Å². The van der Waals surface area contributed by atoms with Crippen molar-refractivity contribution in [3.05, 3.63) is 41.1 Å². The smallest absolute Gasteiger partial charge is 0.255 e. The van der Waals surface area contributed by atoms with Crippen molar-refractivity contribution in [1.82, 2.24) is 9.88 Å². The molecule has 1 atom stereocenters. The Hall–Kier alpha value is -1.95. The molecular formula is C17H20N2O3S. The van der Waals surface area contributed by atoms with Gasteiger partial charge in [-0.15, -0.1) is 0 Å². The number of pyridine rings is 1. The topological polar surface area (TPSA) is 67.3 Å². The molecule has 23 heavy (non-hydrogen) atoms. The van der Waals surface area contributed by atoms with Crippen LogP contribution >= 0.6 is 0 Å². The number of rotatable bonds is 2. The molecule has 1 aliphatic heterocycles. The van der Waals surface area contributed by atoms with E-state index in [4.69, 9.17) is 0 Å². The van der Waals surface area contributed by atoms with Gasteiger partial charge in [0, 0.05) is 18.5 Å². The largest absolute Gasteiger partial charge is 0.338 e. The summed E-state index contributed by atoms with van der Waals surface area (Å²) in [6, 6.07) is 7.54. The van der Waals surface area contributed by atoms with E-state index in [0.29, 0.717) is 17.7 Å². The van der Waals surface area contributed by atoms with E-state index in [1.807, 2.05) is 38.1 Å². The Labute approximate surface area is 136 Å². The molecular weight excluding hydrogens is 312 g/mol. The summed E-state index contributed by atoms with van der Waals surface area (Å²) in [5.74, 6) is 0.0400. The van der Waals surface area contributed by atoms with Gasteiger partial charge in [-0.3, -0.25) is 9.78 Å². The molecule has 0 spiro atoms. The molecule has 2 heterocycles. The van der Waals surface area contributed by atoms with E-state index in [9.17, 15) is 13.2 Å². The molecule has 0 N–H and O–H groups in total. The highest BCUT2D eigenvalue weighted by atomic mass is 32.2. The van der Waals surface area contributed by atoms with Crippen LogP contribution in [-0.2, 0) is 9.84 Å². The van der Waals surface area contributed by atoms with Crippen molar-refractivity contribution in [2.75, 3.05) is 18.6 Å². The van der Waals surface area contributed by atoms with Gasteiger partial charge in [0.15, 0.2) is 9.84 Å². The van der Waals surface area contributed by atoms with Crippen molar-refractivity contribution < 1.29 is 13.2 Å². The molecule has 2 aromatic rings. The number of carbonyl (C=O) groups excluding carboxylic acids is 1. The van der Waals surface area contributed by atoms with Gasteiger partial charge in [0.25, 0.3) is 5.91 Å². The molecule has 1 amide bonds. The van der Waals surface area contributed by atoms with E-state index in [1.165, 1.54) is 0 Å². The van der Waals surface area contributed by atoms with Crippen LogP contribution in [0.1, 0.15) is 28.0 Å². The Morgan fingerprint density at radius 3 is 2.65 bits per heavy atom. The van der Waals surface area contributed by atoms with Gasteiger partial charge in [0.05, 0.1) is 28.3 Å².